The summed E-state index contributed by atoms with van der Waals surface area (Å²) in [6, 6.07) is 0. The number of aliphatic hydroxyl groups excluding tert-OH is 2. The third kappa shape index (κ3) is 10.5. The molecule has 4 heteroatoms. The zero-order valence-corrected chi connectivity index (χ0v) is 28.4. The molecule has 0 aromatic heterocycles. The summed E-state index contributed by atoms with van der Waals surface area (Å²) in [4.78, 5) is 24.5. The van der Waals surface area contributed by atoms with Crippen molar-refractivity contribution in [3.05, 3.63) is 130 Å². The molecule has 0 saturated heterocycles. The third-order valence-corrected chi connectivity index (χ3v) is 8.31. The fourth-order valence-electron chi connectivity index (χ4n) is 5.62. The maximum Gasteiger partial charge on any atom is 0.187 e. The van der Waals surface area contributed by atoms with E-state index in [1.807, 2.05) is 74.6 Å². The molecule has 0 saturated carbocycles. The Balaban J connectivity index is 1.95. The molecule has 2 aliphatic carbocycles. The van der Waals surface area contributed by atoms with Gasteiger partial charge in [0.25, 0.3) is 0 Å². The van der Waals surface area contributed by atoms with E-state index in [1.54, 1.807) is 13.8 Å². The number of aliphatic hydroxyl groups is 2. The lowest BCUT2D eigenvalue weighted by molar-refractivity contribution is -0.126. The number of hydrogen-bond donors (Lipinski definition) is 2. The molecule has 0 fully saturated rings. The SMILES string of the molecule is CC1=C(/C=C/C(C)=C\C=C\C(C)=C\C=C\C=C(C)\C=C\C=C(C)\C=C\C2=C(C)C(=O)[C@@H](O)CC2(C)C)C(C)(C)C[C@H](O)C1=O. The van der Waals surface area contributed by atoms with Crippen molar-refractivity contribution in [1.29, 1.82) is 0 Å². The first kappa shape index (κ1) is 36.6. The minimum absolute atomic E-state index is 0.175. The Bertz CT molecular complexity index is 1340. The van der Waals surface area contributed by atoms with Gasteiger partial charge in [-0.1, -0.05) is 135 Å². The van der Waals surface area contributed by atoms with Crippen LogP contribution in [0.1, 0.15) is 82.1 Å². The highest BCUT2D eigenvalue weighted by molar-refractivity contribution is 6.01. The summed E-state index contributed by atoms with van der Waals surface area (Å²) in [5.74, 6) is -0.350. The van der Waals surface area contributed by atoms with Gasteiger partial charge in [-0.15, -0.1) is 0 Å². The molecule has 2 aliphatic rings. The molecule has 2 atom stereocenters. The second kappa shape index (κ2) is 15.9. The molecule has 0 unspecified atom stereocenters. The van der Waals surface area contributed by atoms with Crippen LogP contribution in [0.5, 0.6) is 0 Å². The van der Waals surface area contributed by atoms with Crippen molar-refractivity contribution >= 4 is 11.6 Å². The van der Waals surface area contributed by atoms with Crippen molar-refractivity contribution in [2.45, 2.75) is 94.3 Å². The molecule has 236 valence electrons. The third-order valence-electron chi connectivity index (χ3n) is 8.31. The van der Waals surface area contributed by atoms with Crippen LogP contribution in [0, 0.1) is 10.8 Å². The van der Waals surface area contributed by atoms with Gasteiger partial charge in [0.05, 0.1) is 0 Å². The predicted octanol–water partition coefficient (Wildman–Crippen LogP) is 8.91. The first-order valence-electron chi connectivity index (χ1n) is 15.4. The monoisotopic (exact) mass is 596 g/mol. The fraction of sp³-hybridized carbons (Fsp3) is 0.400. The number of carbonyl (C=O) groups excluding carboxylic acids is 2. The van der Waals surface area contributed by atoms with E-state index < -0.39 is 12.2 Å². The topological polar surface area (TPSA) is 74.6 Å². The lowest BCUT2D eigenvalue weighted by atomic mass is 9.71. The van der Waals surface area contributed by atoms with E-state index in [0.29, 0.717) is 24.0 Å². The Hall–Kier alpha value is -3.60. The van der Waals surface area contributed by atoms with Crippen LogP contribution in [0.25, 0.3) is 0 Å². The van der Waals surface area contributed by atoms with Crippen LogP contribution in [0.15, 0.2) is 130 Å². The summed E-state index contributed by atoms with van der Waals surface area (Å²) in [5.41, 5.74) is 7.16. The van der Waals surface area contributed by atoms with Crippen molar-refractivity contribution in [2.75, 3.05) is 0 Å². The number of Topliss-reactive ketones (excluding diaryl/α,β-unsaturated/α-hetero) is 2. The second-order valence-corrected chi connectivity index (χ2v) is 13.4. The van der Waals surface area contributed by atoms with Gasteiger partial charge < -0.3 is 10.2 Å². The van der Waals surface area contributed by atoms with Crippen molar-refractivity contribution in [3.63, 3.8) is 0 Å². The highest BCUT2D eigenvalue weighted by atomic mass is 16.3. The molecule has 0 radical (unpaired) electrons. The van der Waals surface area contributed by atoms with Gasteiger partial charge in [0.2, 0.25) is 0 Å². The Morgan fingerprint density at radius 2 is 0.864 bits per heavy atom. The molecule has 2 rings (SSSR count). The van der Waals surface area contributed by atoms with Gasteiger partial charge in [0.15, 0.2) is 11.6 Å². The zero-order chi connectivity index (χ0) is 33.2. The fourth-order valence-corrected chi connectivity index (χ4v) is 5.62. The average Bonchev–Trinajstić information content (AvgIpc) is 2.92. The molecule has 44 heavy (non-hydrogen) atoms. The average molecular weight is 597 g/mol. The van der Waals surface area contributed by atoms with Crippen molar-refractivity contribution in [3.8, 4) is 0 Å². The summed E-state index contributed by atoms with van der Waals surface area (Å²) in [6.45, 7) is 20.0. The Morgan fingerprint density at radius 3 is 1.20 bits per heavy atom. The molecule has 0 spiro atoms. The van der Waals surface area contributed by atoms with Gasteiger partial charge in [-0.3, -0.25) is 9.59 Å². The van der Waals surface area contributed by atoms with Crippen molar-refractivity contribution in [2.24, 2.45) is 10.8 Å². The highest BCUT2D eigenvalue weighted by Crippen LogP contribution is 2.40. The van der Waals surface area contributed by atoms with Gasteiger partial charge in [-0.2, -0.15) is 0 Å². The molecule has 0 heterocycles. The Labute approximate surface area is 265 Å². The molecule has 0 bridgehead atoms. The number of carbonyl (C=O) groups is 2. The number of rotatable bonds is 10. The van der Waals surface area contributed by atoms with E-state index >= 15 is 0 Å². The van der Waals surface area contributed by atoms with Gasteiger partial charge in [-0.25, -0.2) is 0 Å². The number of hydrogen-bond acceptors (Lipinski definition) is 4. The minimum atomic E-state index is -0.907. The zero-order valence-electron chi connectivity index (χ0n) is 28.4. The summed E-state index contributed by atoms with van der Waals surface area (Å²) < 4.78 is 0. The van der Waals surface area contributed by atoms with Crippen LogP contribution < -0.4 is 0 Å². The van der Waals surface area contributed by atoms with Crippen LogP contribution in [0.4, 0.5) is 0 Å². The number of allylic oxidation sites excluding steroid dienone is 20. The van der Waals surface area contributed by atoms with Crippen molar-refractivity contribution < 1.29 is 19.8 Å². The van der Waals surface area contributed by atoms with E-state index in [1.165, 1.54) is 0 Å². The molecule has 0 aromatic carbocycles. The van der Waals surface area contributed by atoms with Crippen LogP contribution in [0.3, 0.4) is 0 Å². The van der Waals surface area contributed by atoms with Crippen LogP contribution in [-0.2, 0) is 9.59 Å². The minimum Gasteiger partial charge on any atom is -0.385 e. The molecular formula is C40H52O4. The largest absolute Gasteiger partial charge is 0.385 e. The molecule has 0 amide bonds. The molecule has 2 N–H and O–H groups in total. The standard InChI is InChI=1S/C40H52O4/c1-27(17-13-19-29(3)21-23-33-31(5)37(43)35(41)25-39(33,7)8)15-11-12-16-28(2)18-14-20-30(4)22-24-34-32(6)38(44)36(42)26-40(34,9)10/h11-24,35-36,41-42H,25-26H2,1-10H3/b12-11+,17-13+,18-14+,23-21+,24-22+,27-15+,28-16+,29-19-,30-20+/t35-,36-/m0/s1. The maximum atomic E-state index is 12.2. The summed E-state index contributed by atoms with van der Waals surface area (Å²) >= 11 is 0. The maximum absolute atomic E-state index is 12.2. The first-order valence-corrected chi connectivity index (χ1v) is 15.4. The lowest BCUT2D eigenvalue weighted by Gasteiger charge is -2.34. The Kier molecular flexibility index (Phi) is 13.2. The molecule has 0 aromatic rings. The van der Waals surface area contributed by atoms with Gasteiger partial charge in [0.1, 0.15) is 12.2 Å². The van der Waals surface area contributed by atoms with E-state index in [9.17, 15) is 19.8 Å². The normalized spacial score (nSPS) is 24.5. The van der Waals surface area contributed by atoms with Crippen LogP contribution in [-0.4, -0.2) is 34.0 Å². The van der Waals surface area contributed by atoms with Crippen LogP contribution in [0.2, 0.25) is 0 Å². The second-order valence-electron chi connectivity index (χ2n) is 13.4. The Morgan fingerprint density at radius 1 is 0.568 bits per heavy atom. The predicted molar refractivity (Wildman–Crippen MR) is 185 cm³/mol. The molecule has 0 aliphatic heterocycles. The van der Waals surface area contributed by atoms with E-state index in [0.717, 1.165) is 33.4 Å². The van der Waals surface area contributed by atoms with Crippen LogP contribution >= 0.6 is 0 Å². The number of ketones is 2. The summed E-state index contributed by atoms with van der Waals surface area (Å²) in [6.07, 6.45) is 27.5. The van der Waals surface area contributed by atoms with E-state index in [-0.39, 0.29) is 22.4 Å². The summed E-state index contributed by atoms with van der Waals surface area (Å²) in [7, 11) is 0. The van der Waals surface area contributed by atoms with Gasteiger partial charge in [0, 0.05) is 0 Å². The quantitative estimate of drug-likeness (QED) is 0.247. The van der Waals surface area contributed by atoms with Crippen molar-refractivity contribution in [1.82, 2.24) is 0 Å². The smallest absolute Gasteiger partial charge is 0.187 e. The van der Waals surface area contributed by atoms with Gasteiger partial charge >= 0.3 is 0 Å². The van der Waals surface area contributed by atoms with Gasteiger partial charge in [-0.05, 0) is 87.5 Å². The molecular weight excluding hydrogens is 544 g/mol. The van der Waals surface area contributed by atoms with E-state index in [4.69, 9.17) is 0 Å². The first-order chi connectivity index (χ1) is 20.5. The highest BCUT2D eigenvalue weighted by Gasteiger charge is 2.37. The van der Waals surface area contributed by atoms with E-state index in [2.05, 4.69) is 65.8 Å². The summed E-state index contributed by atoms with van der Waals surface area (Å²) in [5, 5.41) is 20.0. The molecule has 4 nitrogen and oxygen atoms in total. The lowest BCUT2D eigenvalue weighted by Crippen LogP contribution is -2.35.